The molecular formula is C10H15BrN3O2+. The first kappa shape index (κ1) is 13.0. The van der Waals surface area contributed by atoms with Crippen LogP contribution < -0.4 is 10.2 Å². The summed E-state index contributed by atoms with van der Waals surface area (Å²) in [7, 11) is 5.36. The standard InChI is InChI=1S/C10H14BrN3O2/c1-14(2)5-4-7-8(11)6-12-10(16-3)9(7)13-15/h4-6,13,15H,1-3H3/p+1/b5-4+. The largest absolute Gasteiger partial charge is 0.477 e. The van der Waals surface area contributed by atoms with Crippen LogP contribution in [-0.4, -0.2) is 36.3 Å². The van der Waals surface area contributed by atoms with Gasteiger partial charge in [-0.25, -0.2) is 10.2 Å². The van der Waals surface area contributed by atoms with Gasteiger partial charge in [0.15, 0.2) is 0 Å². The summed E-state index contributed by atoms with van der Waals surface area (Å²) in [6.07, 6.45) is 5.39. The molecule has 1 aromatic heterocycles. The molecule has 0 saturated heterocycles. The quantitative estimate of drug-likeness (QED) is 0.811. The minimum Gasteiger partial charge on any atom is -0.477 e. The topological polar surface area (TPSA) is 62.2 Å². The fourth-order valence-corrected chi connectivity index (χ4v) is 1.63. The first-order chi connectivity index (χ1) is 7.60. The number of hydrogen-bond acceptors (Lipinski definition) is 4. The third-order valence-corrected chi connectivity index (χ3v) is 2.57. The van der Waals surface area contributed by atoms with Gasteiger partial charge in [0.2, 0.25) is 5.69 Å². The van der Waals surface area contributed by atoms with Crippen molar-refractivity contribution in [3.8, 4) is 5.88 Å². The van der Waals surface area contributed by atoms with Crippen molar-refractivity contribution in [3.05, 3.63) is 22.4 Å². The van der Waals surface area contributed by atoms with Crippen LogP contribution in [0, 0.1) is 0 Å². The van der Waals surface area contributed by atoms with E-state index < -0.39 is 0 Å². The van der Waals surface area contributed by atoms with Gasteiger partial charge in [-0.2, -0.15) is 5.48 Å². The second-order valence-electron chi connectivity index (χ2n) is 3.35. The molecule has 3 N–H and O–H groups in total. The maximum Gasteiger partial charge on any atom is 0.280 e. The van der Waals surface area contributed by atoms with Crippen LogP contribution in [0.5, 0.6) is 5.88 Å². The van der Waals surface area contributed by atoms with E-state index in [1.54, 1.807) is 6.20 Å². The Hall–Kier alpha value is -1.11. The van der Waals surface area contributed by atoms with E-state index in [0.29, 0.717) is 11.6 Å². The van der Waals surface area contributed by atoms with Gasteiger partial charge in [-0.3, -0.25) is 0 Å². The fourth-order valence-electron chi connectivity index (χ4n) is 1.18. The molecule has 0 atom stereocenters. The number of hydrogen-bond donors (Lipinski definition) is 2. The minimum atomic E-state index is 0.393. The van der Waals surface area contributed by atoms with E-state index in [1.807, 2.05) is 31.3 Å². The molecule has 0 aliphatic carbocycles. The zero-order valence-corrected chi connectivity index (χ0v) is 11.0. The molecule has 1 heterocycles. The number of pyridine rings is 1. The predicted octanol–water partition coefficient (Wildman–Crippen LogP) is 0.969. The average Bonchev–Trinajstić information content (AvgIpc) is 2.26. The number of nitrogens with zero attached hydrogens (tertiary/aromatic N) is 2. The van der Waals surface area contributed by atoms with Gasteiger partial charge in [0.05, 0.1) is 12.7 Å². The molecule has 0 saturated carbocycles. The monoisotopic (exact) mass is 288 g/mol. The van der Waals surface area contributed by atoms with E-state index in [9.17, 15) is 5.21 Å². The van der Waals surface area contributed by atoms with Crippen molar-refractivity contribution in [2.75, 3.05) is 21.2 Å². The summed E-state index contributed by atoms with van der Waals surface area (Å²) in [5, 5.41) is 9.21. The molecule has 0 spiro atoms. The first-order valence-corrected chi connectivity index (χ1v) is 5.44. The molecule has 5 nitrogen and oxygen atoms in total. The summed E-state index contributed by atoms with van der Waals surface area (Å²) >= 11 is 3.38. The van der Waals surface area contributed by atoms with Crippen molar-refractivity contribution in [2.45, 2.75) is 0 Å². The molecule has 0 fully saturated rings. The number of rotatable bonds is 4. The van der Waals surface area contributed by atoms with Crippen molar-refractivity contribution in [2.24, 2.45) is 0 Å². The van der Waals surface area contributed by atoms with Gasteiger partial charge < -0.3 is 9.64 Å². The number of methoxy groups -OCH3 is 1. The Kier molecular flexibility index (Phi) is 4.72. The molecule has 0 bridgehead atoms. The van der Waals surface area contributed by atoms with Crippen LogP contribution >= 0.6 is 15.9 Å². The van der Waals surface area contributed by atoms with E-state index in [0.717, 1.165) is 15.5 Å². The molecular weight excluding hydrogens is 274 g/mol. The van der Waals surface area contributed by atoms with Crippen LogP contribution in [0.3, 0.4) is 0 Å². The molecule has 1 rings (SSSR count). The fraction of sp³-hybridized carbons (Fsp3) is 0.300. The number of nitrogens with two attached hydrogens (primary N) is 1. The van der Waals surface area contributed by atoms with Crippen LogP contribution in [0.4, 0.5) is 5.69 Å². The highest BCUT2D eigenvalue weighted by molar-refractivity contribution is 9.10. The Morgan fingerprint density at radius 2 is 2.25 bits per heavy atom. The van der Waals surface area contributed by atoms with E-state index in [4.69, 9.17) is 4.74 Å². The number of quaternary nitrogens is 1. The summed E-state index contributed by atoms with van der Waals surface area (Å²) in [5.41, 5.74) is 2.37. The Balaban J connectivity index is 3.23. The van der Waals surface area contributed by atoms with E-state index in [1.165, 1.54) is 7.11 Å². The van der Waals surface area contributed by atoms with Gasteiger partial charge in [0.25, 0.3) is 5.88 Å². The van der Waals surface area contributed by atoms with Crippen LogP contribution in [0.15, 0.2) is 16.9 Å². The zero-order chi connectivity index (χ0) is 12.1. The van der Waals surface area contributed by atoms with Gasteiger partial charge in [-0.1, -0.05) is 0 Å². The van der Waals surface area contributed by atoms with E-state index >= 15 is 0 Å². The maximum absolute atomic E-state index is 9.21. The second kappa shape index (κ2) is 5.83. The van der Waals surface area contributed by atoms with Crippen LogP contribution in [0.1, 0.15) is 5.56 Å². The molecule has 6 heteroatoms. The molecule has 16 heavy (non-hydrogen) atoms. The molecule has 0 aromatic carbocycles. The summed E-state index contributed by atoms with van der Waals surface area (Å²) in [4.78, 5) is 5.95. The van der Waals surface area contributed by atoms with Crippen LogP contribution in [0.25, 0.3) is 6.08 Å². The minimum absolute atomic E-state index is 0.393. The summed E-state index contributed by atoms with van der Waals surface area (Å²) in [5.74, 6) is 0.393. The van der Waals surface area contributed by atoms with Gasteiger partial charge >= 0.3 is 0 Å². The number of halogens is 1. The molecule has 0 aliphatic rings. The van der Waals surface area contributed by atoms with Gasteiger partial charge in [-0.05, 0) is 28.2 Å². The molecule has 1 aromatic rings. The van der Waals surface area contributed by atoms with Gasteiger partial charge in [0.1, 0.15) is 0 Å². The Labute approximate surface area is 103 Å². The average molecular weight is 289 g/mol. The smallest absolute Gasteiger partial charge is 0.280 e. The lowest BCUT2D eigenvalue weighted by molar-refractivity contribution is -0.826. The normalized spacial score (nSPS) is 10.8. The molecule has 88 valence electrons. The predicted molar refractivity (Wildman–Crippen MR) is 64.6 cm³/mol. The number of ether oxygens (including phenoxy) is 1. The molecule has 0 amide bonds. The zero-order valence-electron chi connectivity index (χ0n) is 9.44. The summed E-state index contributed by atoms with van der Waals surface area (Å²) < 4.78 is 5.87. The third kappa shape index (κ3) is 2.94. The van der Waals surface area contributed by atoms with Crippen LogP contribution in [0.2, 0.25) is 0 Å². The Morgan fingerprint density at radius 3 is 2.75 bits per heavy atom. The van der Waals surface area contributed by atoms with Crippen LogP contribution in [-0.2, 0) is 0 Å². The Morgan fingerprint density at radius 1 is 1.56 bits per heavy atom. The van der Waals surface area contributed by atoms with E-state index in [-0.39, 0.29) is 0 Å². The third-order valence-electron chi connectivity index (χ3n) is 1.93. The lowest BCUT2D eigenvalue weighted by Crippen LogP contribution is -2.74. The lowest BCUT2D eigenvalue weighted by atomic mass is 10.2. The van der Waals surface area contributed by atoms with Crippen molar-refractivity contribution in [3.63, 3.8) is 0 Å². The highest BCUT2D eigenvalue weighted by atomic mass is 79.9. The van der Waals surface area contributed by atoms with Gasteiger partial charge in [-0.15, -0.1) is 0 Å². The first-order valence-electron chi connectivity index (χ1n) is 4.64. The molecule has 0 radical (unpaired) electrons. The lowest BCUT2D eigenvalue weighted by Gasteiger charge is -2.08. The SMILES string of the molecule is COc1ncc(Br)c(/C=C/N(C)C)c1[NH2+]O. The van der Waals surface area contributed by atoms with Crippen molar-refractivity contribution < 1.29 is 15.4 Å². The maximum atomic E-state index is 9.21. The highest BCUT2D eigenvalue weighted by Gasteiger charge is 2.16. The molecule has 0 unspecified atom stereocenters. The number of aromatic nitrogens is 1. The van der Waals surface area contributed by atoms with Crippen molar-refractivity contribution >= 4 is 27.7 Å². The second-order valence-corrected chi connectivity index (χ2v) is 4.21. The van der Waals surface area contributed by atoms with Crippen molar-refractivity contribution in [1.29, 1.82) is 0 Å². The Bertz CT molecular complexity index is 394. The van der Waals surface area contributed by atoms with E-state index in [2.05, 4.69) is 20.9 Å². The molecule has 0 aliphatic heterocycles. The van der Waals surface area contributed by atoms with Gasteiger partial charge in [0, 0.05) is 24.8 Å². The summed E-state index contributed by atoms with van der Waals surface area (Å²) in [6, 6.07) is 0. The summed E-state index contributed by atoms with van der Waals surface area (Å²) in [6.45, 7) is 0. The highest BCUT2D eigenvalue weighted by Crippen LogP contribution is 2.29. The van der Waals surface area contributed by atoms with Crippen molar-refractivity contribution in [1.82, 2.24) is 9.88 Å².